The lowest BCUT2D eigenvalue weighted by atomic mass is 9.93. The molecule has 0 unspecified atom stereocenters. The third-order valence-corrected chi connectivity index (χ3v) is 6.74. The maximum atomic E-state index is 13.9. The van der Waals surface area contributed by atoms with Gasteiger partial charge >= 0.3 is 0 Å². The molecule has 0 radical (unpaired) electrons. The molecule has 1 amide bonds. The second-order valence-corrected chi connectivity index (χ2v) is 10.1. The van der Waals surface area contributed by atoms with E-state index < -0.39 is 5.95 Å². The van der Waals surface area contributed by atoms with Crippen LogP contribution in [0.3, 0.4) is 0 Å². The average molecular weight is 430 g/mol. The second kappa shape index (κ2) is 8.15. The molecule has 1 saturated heterocycles. The lowest BCUT2D eigenvalue weighted by molar-refractivity contribution is 0.102. The van der Waals surface area contributed by atoms with Crippen LogP contribution in [0.15, 0.2) is 35.4 Å². The zero-order valence-corrected chi connectivity index (χ0v) is 18.5. The minimum atomic E-state index is -0.571. The Balaban J connectivity index is 1.48. The van der Waals surface area contributed by atoms with Gasteiger partial charge in [-0.25, -0.2) is 9.97 Å². The molecule has 4 rings (SSSR count). The van der Waals surface area contributed by atoms with E-state index in [0.717, 1.165) is 31.0 Å². The number of piperidine rings is 1. The molecule has 6 nitrogen and oxygen atoms in total. The molecule has 1 aliphatic heterocycles. The van der Waals surface area contributed by atoms with Crippen molar-refractivity contribution in [2.24, 2.45) is 5.41 Å². The highest BCUT2D eigenvalue weighted by molar-refractivity contribution is 7.97. The van der Waals surface area contributed by atoms with Gasteiger partial charge in [0.05, 0.1) is 5.56 Å². The van der Waals surface area contributed by atoms with Crippen LogP contribution in [0.5, 0.6) is 0 Å². The Labute approximate surface area is 181 Å². The fourth-order valence-electron chi connectivity index (χ4n) is 3.64. The Morgan fingerprint density at radius 2 is 1.83 bits per heavy atom. The van der Waals surface area contributed by atoms with E-state index in [-0.39, 0.29) is 11.4 Å². The number of hydrogen-bond donors (Lipinski definition) is 2. The van der Waals surface area contributed by atoms with Crippen molar-refractivity contribution in [1.82, 2.24) is 14.7 Å². The van der Waals surface area contributed by atoms with Crippen LogP contribution in [0.1, 0.15) is 56.8 Å². The molecule has 0 aromatic carbocycles. The first-order valence-corrected chi connectivity index (χ1v) is 11.2. The zero-order valence-electron chi connectivity index (χ0n) is 17.7. The van der Waals surface area contributed by atoms with Crippen LogP contribution in [-0.2, 0) is 0 Å². The normalized spacial score (nSPS) is 17.8. The molecular weight excluding hydrogens is 401 g/mol. The highest BCUT2D eigenvalue weighted by Gasteiger charge is 2.44. The van der Waals surface area contributed by atoms with Gasteiger partial charge in [-0.1, -0.05) is 6.07 Å². The Morgan fingerprint density at radius 3 is 2.50 bits per heavy atom. The van der Waals surface area contributed by atoms with E-state index in [1.807, 2.05) is 17.0 Å². The predicted octanol–water partition coefficient (Wildman–Crippen LogP) is 4.64. The van der Waals surface area contributed by atoms with Crippen molar-refractivity contribution in [3.05, 3.63) is 41.8 Å². The first kappa shape index (κ1) is 21.1. The minimum absolute atomic E-state index is 0.0617. The number of anilines is 2. The molecule has 30 heavy (non-hydrogen) atoms. The number of carbonyl (C=O) groups excluding carboxylic acids is 1. The highest BCUT2D eigenvalue weighted by Crippen LogP contribution is 2.53. The fraction of sp³-hybridized carbons (Fsp3) is 0.500. The summed E-state index contributed by atoms with van der Waals surface area (Å²) in [5, 5.41) is 3.60. The van der Waals surface area contributed by atoms with Gasteiger partial charge in [-0.05, 0) is 88.1 Å². The summed E-state index contributed by atoms with van der Waals surface area (Å²) in [7, 11) is 0. The Bertz CT molecular complexity index is 931. The molecule has 2 N–H and O–H groups in total. The van der Waals surface area contributed by atoms with E-state index in [4.69, 9.17) is 0 Å². The van der Waals surface area contributed by atoms with E-state index in [9.17, 15) is 9.18 Å². The van der Waals surface area contributed by atoms with Crippen LogP contribution < -0.4 is 14.9 Å². The first-order valence-electron chi connectivity index (χ1n) is 10.4. The van der Waals surface area contributed by atoms with E-state index in [1.54, 1.807) is 6.07 Å². The van der Waals surface area contributed by atoms with Crippen molar-refractivity contribution in [2.45, 2.75) is 57.0 Å². The van der Waals surface area contributed by atoms with Gasteiger partial charge in [-0.15, -0.1) is 0 Å². The number of aromatic nitrogens is 2. The summed E-state index contributed by atoms with van der Waals surface area (Å²) in [5.74, 6) is -0.0323. The molecule has 3 heterocycles. The number of rotatable bonds is 5. The SMILES string of the molecule is CC(C)(C)NSc1cccc(NC(=O)c2ccc(F)nc2N2CCC3(CC2)CC3)n1. The van der Waals surface area contributed by atoms with Gasteiger partial charge < -0.3 is 10.2 Å². The second-order valence-electron chi connectivity index (χ2n) is 9.26. The number of halogens is 1. The Morgan fingerprint density at radius 1 is 1.10 bits per heavy atom. The van der Waals surface area contributed by atoms with Crippen molar-refractivity contribution in [3.8, 4) is 0 Å². The Hall–Kier alpha value is -2.19. The summed E-state index contributed by atoms with van der Waals surface area (Å²) in [4.78, 5) is 23.6. The molecule has 1 spiro atoms. The van der Waals surface area contributed by atoms with Crippen LogP contribution >= 0.6 is 11.9 Å². The molecule has 0 atom stereocenters. The largest absolute Gasteiger partial charge is 0.356 e. The standard InChI is InChI=1S/C22H28FN5OS/c1-21(2,3)27-30-18-6-4-5-17(25-18)26-20(29)15-7-8-16(23)24-19(15)28-13-11-22(9-10-22)12-14-28/h4-8,27H,9-14H2,1-3H3,(H,25,26,29). The topological polar surface area (TPSA) is 70.2 Å². The molecule has 2 aromatic rings. The number of pyridine rings is 2. The summed E-state index contributed by atoms with van der Waals surface area (Å²) >= 11 is 1.42. The molecule has 2 aliphatic rings. The van der Waals surface area contributed by atoms with Crippen LogP contribution in [0.2, 0.25) is 0 Å². The molecule has 2 aromatic heterocycles. The lowest BCUT2D eigenvalue weighted by Gasteiger charge is -2.33. The van der Waals surface area contributed by atoms with Crippen LogP contribution in [0.25, 0.3) is 0 Å². The van der Waals surface area contributed by atoms with Gasteiger partial charge in [0, 0.05) is 18.6 Å². The molecule has 1 saturated carbocycles. The monoisotopic (exact) mass is 429 g/mol. The van der Waals surface area contributed by atoms with Crippen molar-refractivity contribution in [2.75, 3.05) is 23.3 Å². The molecular formula is C22H28FN5OS. The van der Waals surface area contributed by atoms with Gasteiger partial charge in [0.1, 0.15) is 16.7 Å². The number of hydrogen-bond acceptors (Lipinski definition) is 6. The van der Waals surface area contributed by atoms with Gasteiger partial charge in [0.2, 0.25) is 5.95 Å². The predicted molar refractivity (Wildman–Crippen MR) is 118 cm³/mol. The van der Waals surface area contributed by atoms with E-state index in [2.05, 4.69) is 40.8 Å². The third-order valence-electron chi connectivity index (χ3n) is 5.59. The highest BCUT2D eigenvalue weighted by atomic mass is 32.2. The molecule has 2 fully saturated rings. The van der Waals surface area contributed by atoms with E-state index in [1.165, 1.54) is 36.9 Å². The summed E-state index contributed by atoms with van der Waals surface area (Å²) < 4.78 is 17.2. The van der Waals surface area contributed by atoms with Crippen molar-refractivity contribution in [3.63, 3.8) is 0 Å². The number of amides is 1. The summed E-state index contributed by atoms with van der Waals surface area (Å²) in [5.41, 5.74) is 0.805. The van der Waals surface area contributed by atoms with Crippen molar-refractivity contribution >= 4 is 29.5 Å². The number of nitrogens with zero attached hydrogens (tertiary/aromatic N) is 3. The van der Waals surface area contributed by atoms with Gasteiger partial charge in [0.25, 0.3) is 5.91 Å². The van der Waals surface area contributed by atoms with Crippen LogP contribution in [0.4, 0.5) is 16.0 Å². The van der Waals surface area contributed by atoms with Crippen molar-refractivity contribution in [1.29, 1.82) is 0 Å². The number of carbonyl (C=O) groups is 1. The Kier molecular flexibility index (Phi) is 5.72. The molecule has 8 heteroatoms. The smallest absolute Gasteiger partial charge is 0.260 e. The van der Waals surface area contributed by atoms with Crippen molar-refractivity contribution < 1.29 is 9.18 Å². The van der Waals surface area contributed by atoms with Gasteiger partial charge in [-0.3, -0.25) is 9.52 Å². The third kappa shape index (κ3) is 5.10. The van der Waals surface area contributed by atoms with E-state index in [0.29, 0.717) is 22.6 Å². The zero-order chi connectivity index (χ0) is 21.4. The van der Waals surface area contributed by atoms with Gasteiger partial charge in [0.15, 0.2) is 0 Å². The average Bonchev–Trinajstić information content (AvgIpc) is 3.45. The fourth-order valence-corrected chi connectivity index (χ4v) is 4.34. The lowest BCUT2D eigenvalue weighted by Crippen LogP contribution is -2.36. The molecule has 0 bridgehead atoms. The van der Waals surface area contributed by atoms with Gasteiger partial charge in [-0.2, -0.15) is 4.39 Å². The maximum Gasteiger partial charge on any atom is 0.260 e. The van der Waals surface area contributed by atoms with E-state index >= 15 is 0 Å². The summed E-state index contributed by atoms with van der Waals surface area (Å²) in [6.07, 6.45) is 4.73. The summed E-state index contributed by atoms with van der Waals surface area (Å²) in [6.45, 7) is 7.82. The maximum absolute atomic E-state index is 13.9. The summed E-state index contributed by atoms with van der Waals surface area (Å²) in [6, 6.07) is 8.21. The molecule has 1 aliphatic carbocycles. The quantitative estimate of drug-likeness (QED) is 0.533. The molecule has 160 valence electrons. The first-order chi connectivity index (χ1) is 14.2. The number of nitrogens with one attached hydrogen (secondary N) is 2. The minimum Gasteiger partial charge on any atom is -0.356 e. The van der Waals surface area contributed by atoms with Crippen LogP contribution in [-0.4, -0.2) is 34.5 Å². The van der Waals surface area contributed by atoms with Crippen LogP contribution in [0, 0.1) is 11.4 Å².